The molecule has 2 aliphatic heterocycles. The fourth-order valence-corrected chi connectivity index (χ4v) is 8.33. The van der Waals surface area contributed by atoms with Crippen LogP contribution < -0.4 is 9.64 Å². The van der Waals surface area contributed by atoms with E-state index in [-0.39, 0.29) is 18.2 Å². The van der Waals surface area contributed by atoms with Crippen LogP contribution in [0.15, 0.2) is 21.6 Å². The first-order chi connectivity index (χ1) is 23.7. The molecule has 5 heterocycles. The Morgan fingerprint density at radius 1 is 1.20 bits per heavy atom. The van der Waals surface area contributed by atoms with E-state index in [0.29, 0.717) is 54.7 Å². The second-order valence-electron chi connectivity index (χ2n) is 15.1. The molecule has 0 N–H and O–H groups in total. The van der Waals surface area contributed by atoms with Gasteiger partial charge in [0.15, 0.2) is 11.5 Å². The van der Waals surface area contributed by atoms with Gasteiger partial charge in [0.25, 0.3) is 0 Å². The number of aromatic nitrogens is 3. The van der Waals surface area contributed by atoms with Crippen molar-refractivity contribution in [1.82, 2.24) is 29.8 Å². The first-order valence-corrected chi connectivity index (χ1v) is 18.3. The van der Waals surface area contributed by atoms with Crippen molar-refractivity contribution in [2.24, 2.45) is 4.99 Å². The number of carbonyl (C=O) groups excluding carboxylic acids is 1. The molecule has 3 aliphatic rings. The zero-order valence-electron chi connectivity index (χ0n) is 30.5. The number of ether oxygens (including phenoxy) is 2. The van der Waals surface area contributed by atoms with Crippen molar-refractivity contribution in [3.63, 3.8) is 0 Å². The van der Waals surface area contributed by atoms with E-state index < -0.39 is 11.0 Å². The molecule has 268 valence electrons. The number of piperazine rings is 1. The quantitative estimate of drug-likeness (QED) is 0.217. The number of hydrogen-bond donors (Lipinski definition) is 0. The maximum absolute atomic E-state index is 12.6. The van der Waals surface area contributed by atoms with E-state index in [2.05, 4.69) is 46.9 Å². The highest BCUT2D eigenvalue weighted by Crippen LogP contribution is 2.50. The molecule has 0 bridgehead atoms. The summed E-state index contributed by atoms with van der Waals surface area (Å²) in [6.45, 7) is 13.7. The first-order valence-electron chi connectivity index (χ1n) is 17.5. The van der Waals surface area contributed by atoms with E-state index in [1.54, 1.807) is 22.6 Å². The Balaban J connectivity index is 1.30. The predicted octanol–water partition coefficient (Wildman–Crippen LogP) is 5.85. The molecule has 1 aliphatic carbocycles. The van der Waals surface area contributed by atoms with Gasteiger partial charge in [-0.2, -0.15) is 10.2 Å². The molecule has 6 rings (SSSR count). The van der Waals surface area contributed by atoms with E-state index in [0.717, 1.165) is 60.2 Å². The van der Waals surface area contributed by atoms with Crippen LogP contribution in [0.25, 0.3) is 11.5 Å². The summed E-state index contributed by atoms with van der Waals surface area (Å²) >= 11 is 1.58. The van der Waals surface area contributed by atoms with Crippen molar-refractivity contribution in [2.45, 2.75) is 89.9 Å². The molecule has 0 saturated carbocycles. The van der Waals surface area contributed by atoms with Crippen LogP contribution in [0, 0.1) is 11.3 Å². The minimum Gasteiger partial charge on any atom is -0.474 e. The molecule has 1 amide bonds. The summed E-state index contributed by atoms with van der Waals surface area (Å²) in [5, 5.41) is 15.5. The maximum Gasteiger partial charge on any atom is 0.410 e. The molecule has 50 heavy (non-hydrogen) atoms. The fourth-order valence-electron chi connectivity index (χ4n) is 7.07. The second-order valence-corrected chi connectivity index (χ2v) is 16.2. The number of likely N-dealkylation sites (tertiary alicyclic amines) is 1. The molecule has 2 fully saturated rings. The summed E-state index contributed by atoms with van der Waals surface area (Å²) in [4.78, 5) is 36.5. The summed E-state index contributed by atoms with van der Waals surface area (Å²) in [6, 6.07) is 6.52. The van der Waals surface area contributed by atoms with Crippen LogP contribution in [0.1, 0.15) is 82.1 Å². The SMILES string of the molecule is C[C@H]1CN(C)CCN1c1cc(OC2CCN(C(=O)OC(C)(C)C)CC2)nc(-c2cc(C3(C)CCCc4sc(/N=C/N(C)C)c(C#N)c43)on2)n1. The van der Waals surface area contributed by atoms with E-state index in [9.17, 15) is 10.1 Å². The summed E-state index contributed by atoms with van der Waals surface area (Å²) in [6.07, 6.45) is 5.31. The number of likely N-dealkylation sites (N-methyl/N-ethyl adjacent to an activating group) is 1. The molecular weight excluding hydrogens is 655 g/mol. The number of nitrogens with zero attached hydrogens (tertiary/aromatic N) is 9. The number of nitriles is 1. The zero-order valence-corrected chi connectivity index (χ0v) is 31.3. The van der Waals surface area contributed by atoms with Gasteiger partial charge in [-0.15, -0.1) is 11.3 Å². The van der Waals surface area contributed by atoms with E-state index in [4.69, 9.17) is 24.0 Å². The van der Waals surface area contributed by atoms with Crippen LogP contribution in [0.5, 0.6) is 5.88 Å². The lowest BCUT2D eigenvalue weighted by Crippen LogP contribution is -2.50. The normalized spacial score (nSPS) is 22.0. The number of rotatable bonds is 7. The van der Waals surface area contributed by atoms with Gasteiger partial charge in [0.05, 0.1) is 17.3 Å². The van der Waals surface area contributed by atoms with Gasteiger partial charge in [0.2, 0.25) is 5.88 Å². The molecule has 2 saturated heterocycles. The third-order valence-electron chi connectivity index (χ3n) is 9.59. The average Bonchev–Trinajstić information content (AvgIpc) is 3.70. The molecule has 1 unspecified atom stereocenters. The lowest BCUT2D eigenvalue weighted by molar-refractivity contribution is 0.0123. The number of piperidine rings is 1. The summed E-state index contributed by atoms with van der Waals surface area (Å²) < 4.78 is 18.2. The number of hydrogen-bond acceptors (Lipinski definition) is 12. The van der Waals surface area contributed by atoms with Crippen molar-refractivity contribution in [2.75, 3.05) is 58.8 Å². The molecule has 0 spiro atoms. The number of carbonyl (C=O) groups is 1. The summed E-state index contributed by atoms with van der Waals surface area (Å²) in [5.41, 5.74) is 0.992. The van der Waals surface area contributed by atoms with Gasteiger partial charge in [-0.1, -0.05) is 5.16 Å². The monoisotopic (exact) mass is 703 g/mol. The third-order valence-corrected chi connectivity index (χ3v) is 10.7. The largest absolute Gasteiger partial charge is 0.474 e. The first kappa shape index (κ1) is 35.6. The highest BCUT2D eigenvalue weighted by atomic mass is 32.1. The molecule has 0 aromatic carbocycles. The van der Waals surface area contributed by atoms with Crippen LogP contribution >= 0.6 is 11.3 Å². The Morgan fingerprint density at radius 2 is 1.96 bits per heavy atom. The number of thiophene rings is 1. The Hall–Kier alpha value is -4.22. The van der Waals surface area contributed by atoms with Crippen molar-refractivity contribution in [3.8, 4) is 23.5 Å². The van der Waals surface area contributed by atoms with Crippen molar-refractivity contribution in [3.05, 3.63) is 33.9 Å². The number of anilines is 1. The van der Waals surface area contributed by atoms with Gasteiger partial charge in [0, 0.05) is 82.7 Å². The second kappa shape index (κ2) is 14.2. The van der Waals surface area contributed by atoms with E-state index in [1.807, 2.05) is 51.9 Å². The average molecular weight is 704 g/mol. The van der Waals surface area contributed by atoms with Gasteiger partial charge in [-0.05, 0) is 66.5 Å². The van der Waals surface area contributed by atoms with Gasteiger partial charge < -0.3 is 33.6 Å². The van der Waals surface area contributed by atoms with Crippen LogP contribution in [-0.2, 0) is 16.6 Å². The minimum atomic E-state index is -0.558. The maximum atomic E-state index is 12.6. The third kappa shape index (κ3) is 7.58. The van der Waals surface area contributed by atoms with E-state index >= 15 is 0 Å². The Kier molecular flexibility index (Phi) is 10.1. The Morgan fingerprint density at radius 3 is 2.64 bits per heavy atom. The topological polar surface area (TPSA) is 136 Å². The molecule has 0 radical (unpaired) electrons. The number of aliphatic imine (C=N–C) groups is 1. The van der Waals surface area contributed by atoms with Crippen LogP contribution in [0.4, 0.5) is 15.6 Å². The highest BCUT2D eigenvalue weighted by molar-refractivity contribution is 7.16. The molecule has 14 heteroatoms. The smallest absolute Gasteiger partial charge is 0.410 e. The van der Waals surface area contributed by atoms with Crippen LogP contribution in [0.3, 0.4) is 0 Å². The van der Waals surface area contributed by atoms with Gasteiger partial charge in [-0.25, -0.2) is 14.8 Å². The number of amides is 1. The van der Waals surface area contributed by atoms with Crippen LogP contribution in [-0.4, -0.2) is 114 Å². The van der Waals surface area contributed by atoms with Crippen molar-refractivity contribution < 1.29 is 18.8 Å². The standard InChI is InChI=1S/C36H49N9O4S/c1-23-21-43(8)16-17-45(23)29-19-30(47-24-11-14-44(15-12-24)34(46)48-35(2,3)4)40-32(39-29)26-18-28(49-41-26)36(5)13-9-10-27-31(36)25(20-37)33(50-27)38-22-42(6)7/h18-19,22-24H,9-17,21H2,1-8H3/b38-22+/t23-,36?/m0/s1. The predicted molar refractivity (Wildman–Crippen MR) is 194 cm³/mol. The number of fused-ring (bicyclic) bond motifs is 1. The number of aryl methyl sites for hydroxylation is 1. The van der Waals surface area contributed by atoms with E-state index in [1.165, 1.54) is 0 Å². The summed E-state index contributed by atoms with van der Waals surface area (Å²) in [5.74, 6) is 2.34. The fraction of sp³-hybridized carbons (Fsp3) is 0.611. The molecular formula is C36H49N9O4S. The van der Waals surface area contributed by atoms with Gasteiger partial charge in [-0.3, -0.25) is 0 Å². The van der Waals surface area contributed by atoms with Crippen molar-refractivity contribution in [1.29, 1.82) is 5.26 Å². The Bertz CT molecular complexity index is 1770. The summed E-state index contributed by atoms with van der Waals surface area (Å²) in [7, 11) is 5.96. The Labute approximate surface area is 298 Å². The van der Waals surface area contributed by atoms with Gasteiger partial charge in [0.1, 0.15) is 34.4 Å². The molecule has 13 nitrogen and oxygen atoms in total. The van der Waals surface area contributed by atoms with Crippen LogP contribution in [0.2, 0.25) is 0 Å². The lowest BCUT2D eigenvalue weighted by Gasteiger charge is -2.39. The molecule has 3 aromatic rings. The molecule has 3 aromatic heterocycles. The zero-order chi connectivity index (χ0) is 35.8. The van der Waals surface area contributed by atoms with Gasteiger partial charge >= 0.3 is 6.09 Å². The molecule has 2 atom stereocenters. The van der Waals surface area contributed by atoms with Crippen molar-refractivity contribution >= 4 is 34.6 Å². The minimum absolute atomic E-state index is 0.117. The highest BCUT2D eigenvalue weighted by Gasteiger charge is 2.42. The lowest BCUT2D eigenvalue weighted by atomic mass is 9.71.